The van der Waals surface area contributed by atoms with Gasteiger partial charge in [0.25, 0.3) is 0 Å². The molecule has 2 amide bonds. The lowest BCUT2D eigenvalue weighted by atomic mass is 9.93. The summed E-state index contributed by atoms with van der Waals surface area (Å²) in [5, 5.41) is 13.6. The number of carboxylic acids is 1. The predicted molar refractivity (Wildman–Crippen MR) is 143 cm³/mol. The van der Waals surface area contributed by atoms with Gasteiger partial charge in [-0.1, -0.05) is 52.0 Å². The molecule has 1 unspecified atom stereocenters. The van der Waals surface area contributed by atoms with Crippen LogP contribution in [-0.4, -0.2) is 84.7 Å². The van der Waals surface area contributed by atoms with Crippen molar-refractivity contribution in [3.8, 4) is 0 Å². The van der Waals surface area contributed by atoms with Crippen molar-refractivity contribution in [1.29, 1.82) is 0 Å². The first kappa shape index (κ1) is 32.6. The molecule has 3 N–H and O–H groups in total. The second kappa shape index (κ2) is 15.2. The number of piperazine rings is 1. The molecular formula is C28H43F3N4O4. The van der Waals surface area contributed by atoms with E-state index in [-0.39, 0.29) is 12.0 Å². The topological polar surface area (TPSA) is 102 Å². The fourth-order valence-corrected chi connectivity index (χ4v) is 4.88. The molecule has 0 radical (unpaired) electrons. The summed E-state index contributed by atoms with van der Waals surface area (Å²) in [7, 11) is 0. The molecule has 8 nitrogen and oxygen atoms in total. The van der Waals surface area contributed by atoms with Crippen molar-refractivity contribution in [3.05, 3.63) is 35.4 Å². The average Bonchev–Trinajstić information content (AvgIpc) is 2.87. The van der Waals surface area contributed by atoms with Crippen LogP contribution < -0.4 is 10.6 Å². The first-order valence-corrected chi connectivity index (χ1v) is 13.7. The maximum Gasteiger partial charge on any atom is 0.490 e. The third-order valence-electron chi connectivity index (χ3n) is 7.01. The van der Waals surface area contributed by atoms with Gasteiger partial charge in [-0.15, -0.1) is 0 Å². The lowest BCUT2D eigenvalue weighted by Crippen LogP contribution is -2.54. The first-order valence-electron chi connectivity index (χ1n) is 13.7. The zero-order chi connectivity index (χ0) is 29.2. The summed E-state index contributed by atoms with van der Waals surface area (Å²) in [6, 6.07) is 8.29. The van der Waals surface area contributed by atoms with Gasteiger partial charge in [-0.25, -0.2) is 4.79 Å². The minimum Gasteiger partial charge on any atom is -0.475 e. The van der Waals surface area contributed by atoms with Crippen molar-refractivity contribution < 1.29 is 32.7 Å². The predicted octanol–water partition coefficient (Wildman–Crippen LogP) is 3.48. The van der Waals surface area contributed by atoms with Gasteiger partial charge >= 0.3 is 24.0 Å². The molecule has 1 aromatic rings. The molecule has 2 fully saturated rings. The highest BCUT2D eigenvalue weighted by molar-refractivity contribution is 6.35. The number of carbonyl (C=O) groups is 3. The molecular weight excluding hydrogens is 513 g/mol. The number of hydrogen-bond acceptors (Lipinski definition) is 5. The third-order valence-corrected chi connectivity index (χ3v) is 7.01. The fourth-order valence-electron chi connectivity index (χ4n) is 4.88. The van der Waals surface area contributed by atoms with Crippen LogP contribution in [-0.2, 0) is 20.8 Å². The number of amides is 2. The van der Waals surface area contributed by atoms with Crippen molar-refractivity contribution in [2.24, 2.45) is 17.8 Å². The van der Waals surface area contributed by atoms with E-state index in [1.807, 2.05) is 0 Å². The van der Waals surface area contributed by atoms with Crippen LogP contribution in [0.15, 0.2) is 24.3 Å². The molecule has 2 heterocycles. The van der Waals surface area contributed by atoms with Gasteiger partial charge in [0.2, 0.25) is 0 Å². The number of aliphatic carboxylic acids is 1. The van der Waals surface area contributed by atoms with Crippen molar-refractivity contribution in [2.45, 2.75) is 59.2 Å². The highest BCUT2D eigenvalue weighted by Gasteiger charge is 2.38. The first-order chi connectivity index (χ1) is 18.3. The molecule has 220 valence electrons. The summed E-state index contributed by atoms with van der Waals surface area (Å²) in [4.78, 5) is 38.7. The van der Waals surface area contributed by atoms with Gasteiger partial charge in [0.05, 0.1) is 6.04 Å². The smallest absolute Gasteiger partial charge is 0.475 e. The Hall–Kier alpha value is -2.66. The average molecular weight is 557 g/mol. The van der Waals surface area contributed by atoms with E-state index in [4.69, 9.17) is 9.90 Å². The second-order valence-electron chi connectivity index (χ2n) is 11.1. The zero-order valence-corrected chi connectivity index (χ0v) is 23.4. The molecule has 11 heteroatoms. The van der Waals surface area contributed by atoms with E-state index < -0.39 is 24.0 Å². The fraction of sp³-hybridized carbons (Fsp3) is 0.679. The van der Waals surface area contributed by atoms with Crippen LogP contribution >= 0.6 is 0 Å². The highest BCUT2D eigenvalue weighted by atomic mass is 19.4. The van der Waals surface area contributed by atoms with E-state index in [1.54, 1.807) is 4.90 Å². The Morgan fingerprint density at radius 2 is 1.54 bits per heavy atom. The quantitative estimate of drug-likeness (QED) is 0.445. The van der Waals surface area contributed by atoms with Crippen LogP contribution in [0, 0.1) is 17.8 Å². The summed E-state index contributed by atoms with van der Waals surface area (Å²) in [6.45, 7) is 14.9. The third kappa shape index (κ3) is 11.2. The standard InChI is InChI=1S/C26H42N4O2.C2HF3O2/c1-19(2)17-21-5-7-23(8-6-21)24(20(3)4)28-25(31)26(32)30-15-13-29(14-16-30)18-22-9-11-27-12-10-22;3-2(4,5)1(6)7/h5-8,19-20,22,24,27H,9-18H2,1-4H3,(H,28,31);(H,6,7). The molecule has 2 aliphatic rings. The number of piperidine rings is 1. The molecule has 1 aromatic carbocycles. The maximum absolute atomic E-state index is 12.8. The van der Waals surface area contributed by atoms with Crippen molar-refractivity contribution in [1.82, 2.24) is 20.4 Å². The molecule has 0 saturated carbocycles. The van der Waals surface area contributed by atoms with Crippen LogP contribution in [0.2, 0.25) is 0 Å². The van der Waals surface area contributed by atoms with Crippen LogP contribution in [0.4, 0.5) is 13.2 Å². The van der Waals surface area contributed by atoms with Gasteiger partial charge < -0.3 is 20.6 Å². The number of nitrogens with zero attached hydrogens (tertiary/aromatic N) is 2. The molecule has 1 atom stereocenters. The van der Waals surface area contributed by atoms with Crippen molar-refractivity contribution in [3.63, 3.8) is 0 Å². The Kier molecular flexibility index (Phi) is 12.7. The van der Waals surface area contributed by atoms with E-state index in [9.17, 15) is 22.8 Å². The summed E-state index contributed by atoms with van der Waals surface area (Å²) in [5.41, 5.74) is 2.36. The summed E-state index contributed by atoms with van der Waals surface area (Å²) >= 11 is 0. The van der Waals surface area contributed by atoms with E-state index in [2.05, 4.69) is 67.5 Å². The van der Waals surface area contributed by atoms with Gasteiger partial charge in [-0.05, 0) is 61.2 Å². The molecule has 0 bridgehead atoms. The van der Waals surface area contributed by atoms with Gasteiger partial charge in [0.1, 0.15) is 0 Å². The summed E-state index contributed by atoms with van der Waals surface area (Å²) in [6.07, 6.45) is -1.58. The molecule has 0 aliphatic carbocycles. The number of carbonyl (C=O) groups excluding carboxylic acids is 2. The number of hydrogen-bond donors (Lipinski definition) is 3. The number of halogens is 3. The van der Waals surface area contributed by atoms with Crippen LogP contribution in [0.1, 0.15) is 57.7 Å². The van der Waals surface area contributed by atoms with Gasteiger partial charge in [-0.2, -0.15) is 13.2 Å². The normalized spacial score (nSPS) is 17.9. The van der Waals surface area contributed by atoms with E-state index >= 15 is 0 Å². The Morgan fingerprint density at radius 1 is 1.00 bits per heavy atom. The Labute approximate surface area is 229 Å². The minimum absolute atomic E-state index is 0.166. The van der Waals surface area contributed by atoms with Gasteiger partial charge in [0, 0.05) is 32.7 Å². The number of benzene rings is 1. The van der Waals surface area contributed by atoms with Crippen molar-refractivity contribution >= 4 is 17.8 Å². The monoisotopic (exact) mass is 556 g/mol. The number of alkyl halides is 3. The lowest BCUT2D eigenvalue weighted by Gasteiger charge is -2.37. The molecule has 3 rings (SSSR count). The molecule has 0 spiro atoms. The molecule has 2 aliphatic heterocycles. The van der Waals surface area contributed by atoms with E-state index in [0.717, 1.165) is 50.6 Å². The van der Waals surface area contributed by atoms with Crippen LogP contribution in [0.5, 0.6) is 0 Å². The highest BCUT2D eigenvalue weighted by Crippen LogP contribution is 2.23. The SMILES string of the molecule is CC(C)Cc1ccc(C(NC(=O)C(=O)N2CCN(CC3CCNCC3)CC2)C(C)C)cc1.O=C(O)C(F)(F)F. The second-order valence-corrected chi connectivity index (χ2v) is 11.1. The van der Waals surface area contributed by atoms with Gasteiger partial charge in [-0.3, -0.25) is 14.5 Å². The molecule has 2 saturated heterocycles. The van der Waals surface area contributed by atoms with Crippen LogP contribution in [0.25, 0.3) is 0 Å². The molecule has 0 aromatic heterocycles. The maximum atomic E-state index is 12.8. The van der Waals surface area contributed by atoms with E-state index in [0.29, 0.717) is 19.0 Å². The zero-order valence-electron chi connectivity index (χ0n) is 23.4. The largest absolute Gasteiger partial charge is 0.490 e. The summed E-state index contributed by atoms with van der Waals surface area (Å²) in [5.74, 6) is -2.08. The number of nitrogens with one attached hydrogen (secondary N) is 2. The van der Waals surface area contributed by atoms with E-state index in [1.165, 1.54) is 18.4 Å². The Bertz CT molecular complexity index is 924. The van der Waals surface area contributed by atoms with Crippen molar-refractivity contribution in [2.75, 3.05) is 45.8 Å². The molecule has 39 heavy (non-hydrogen) atoms. The Balaban J connectivity index is 0.000000673. The lowest BCUT2D eigenvalue weighted by molar-refractivity contribution is -0.192. The van der Waals surface area contributed by atoms with Gasteiger partial charge in [0.15, 0.2) is 0 Å². The Morgan fingerprint density at radius 3 is 2.00 bits per heavy atom. The number of carboxylic acid groups (broad SMARTS) is 1. The minimum atomic E-state index is -5.08. The number of rotatable bonds is 7. The summed E-state index contributed by atoms with van der Waals surface area (Å²) < 4.78 is 31.7. The van der Waals surface area contributed by atoms with Crippen LogP contribution in [0.3, 0.4) is 0 Å².